The van der Waals surface area contributed by atoms with Crippen molar-refractivity contribution in [1.82, 2.24) is 5.32 Å². The molecule has 100 valence electrons. The highest BCUT2D eigenvalue weighted by Crippen LogP contribution is 2.24. The third-order valence-corrected chi connectivity index (χ3v) is 4.07. The van der Waals surface area contributed by atoms with Gasteiger partial charge in [0.25, 0.3) is 0 Å². The first-order valence-electron chi connectivity index (χ1n) is 5.99. The van der Waals surface area contributed by atoms with Gasteiger partial charge >= 0.3 is 0 Å². The summed E-state index contributed by atoms with van der Waals surface area (Å²) >= 11 is 15.5. The van der Waals surface area contributed by atoms with Gasteiger partial charge in [-0.1, -0.05) is 57.3 Å². The number of hydrogen-bond acceptors (Lipinski definition) is 1. The molecule has 19 heavy (non-hydrogen) atoms. The molecule has 0 amide bonds. The third-order valence-electron chi connectivity index (χ3n) is 2.91. The van der Waals surface area contributed by atoms with Crippen molar-refractivity contribution in [2.45, 2.75) is 19.5 Å². The molecule has 2 aromatic rings. The van der Waals surface area contributed by atoms with Crippen molar-refractivity contribution in [1.29, 1.82) is 0 Å². The zero-order valence-corrected chi connectivity index (χ0v) is 13.6. The van der Waals surface area contributed by atoms with Gasteiger partial charge in [-0.05, 0) is 42.3 Å². The SMILES string of the molecule is CC(NCc1cc(Cl)cc(Cl)c1)c1ccccc1Br. The number of benzene rings is 2. The Balaban J connectivity index is 2.04. The molecular weight excluding hydrogens is 345 g/mol. The van der Waals surface area contributed by atoms with Crippen LogP contribution in [-0.2, 0) is 6.54 Å². The average molecular weight is 359 g/mol. The van der Waals surface area contributed by atoms with Gasteiger partial charge in [0, 0.05) is 27.1 Å². The van der Waals surface area contributed by atoms with Crippen LogP contribution in [-0.4, -0.2) is 0 Å². The van der Waals surface area contributed by atoms with Crippen LogP contribution in [0, 0.1) is 0 Å². The predicted molar refractivity (Wildman–Crippen MR) is 85.9 cm³/mol. The molecule has 0 radical (unpaired) electrons. The Morgan fingerprint density at radius 2 is 1.74 bits per heavy atom. The number of nitrogens with one attached hydrogen (secondary N) is 1. The molecule has 1 nitrogen and oxygen atoms in total. The van der Waals surface area contributed by atoms with E-state index in [4.69, 9.17) is 23.2 Å². The van der Waals surface area contributed by atoms with Crippen LogP contribution in [0.3, 0.4) is 0 Å². The van der Waals surface area contributed by atoms with Gasteiger partial charge in [-0.2, -0.15) is 0 Å². The molecule has 0 saturated carbocycles. The highest BCUT2D eigenvalue weighted by molar-refractivity contribution is 9.10. The fourth-order valence-corrected chi connectivity index (χ4v) is 3.12. The van der Waals surface area contributed by atoms with Crippen molar-refractivity contribution in [3.8, 4) is 0 Å². The fraction of sp³-hybridized carbons (Fsp3) is 0.200. The molecule has 0 saturated heterocycles. The van der Waals surface area contributed by atoms with Gasteiger partial charge in [-0.3, -0.25) is 0 Å². The van der Waals surface area contributed by atoms with Gasteiger partial charge in [0.1, 0.15) is 0 Å². The predicted octanol–water partition coefficient (Wildman–Crippen LogP) is 5.61. The zero-order valence-electron chi connectivity index (χ0n) is 10.5. The van der Waals surface area contributed by atoms with E-state index in [-0.39, 0.29) is 6.04 Å². The molecule has 0 fully saturated rings. The topological polar surface area (TPSA) is 12.0 Å². The lowest BCUT2D eigenvalue weighted by molar-refractivity contribution is 0.573. The minimum absolute atomic E-state index is 0.244. The minimum Gasteiger partial charge on any atom is -0.306 e. The molecule has 2 aromatic carbocycles. The zero-order chi connectivity index (χ0) is 13.8. The van der Waals surface area contributed by atoms with E-state index in [1.165, 1.54) is 5.56 Å². The van der Waals surface area contributed by atoms with Crippen LogP contribution < -0.4 is 5.32 Å². The molecule has 0 spiro atoms. The number of halogens is 3. The van der Waals surface area contributed by atoms with E-state index in [2.05, 4.69) is 34.2 Å². The summed E-state index contributed by atoms with van der Waals surface area (Å²) in [4.78, 5) is 0. The molecule has 0 bridgehead atoms. The second-order valence-electron chi connectivity index (χ2n) is 4.40. The molecule has 0 aliphatic carbocycles. The van der Waals surface area contributed by atoms with Gasteiger partial charge in [0.05, 0.1) is 0 Å². The number of rotatable bonds is 4. The molecule has 1 N–H and O–H groups in total. The Bertz CT molecular complexity index is 552. The largest absolute Gasteiger partial charge is 0.306 e. The summed E-state index contributed by atoms with van der Waals surface area (Å²) in [6, 6.07) is 14.0. The summed E-state index contributed by atoms with van der Waals surface area (Å²) in [7, 11) is 0. The lowest BCUT2D eigenvalue weighted by atomic mass is 10.1. The number of hydrogen-bond donors (Lipinski definition) is 1. The van der Waals surface area contributed by atoms with Crippen molar-refractivity contribution in [3.63, 3.8) is 0 Å². The van der Waals surface area contributed by atoms with E-state index in [0.29, 0.717) is 10.0 Å². The van der Waals surface area contributed by atoms with Crippen molar-refractivity contribution in [2.24, 2.45) is 0 Å². The summed E-state index contributed by atoms with van der Waals surface area (Å²) in [5.74, 6) is 0. The summed E-state index contributed by atoms with van der Waals surface area (Å²) in [6.45, 7) is 2.86. The molecule has 2 rings (SSSR count). The van der Waals surface area contributed by atoms with Crippen LogP contribution in [0.1, 0.15) is 24.1 Å². The average Bonchev–Trinajstić information content (AvgIpc) is 2.35. The minimum atomic E-state index is 0.244. The van der Waals surface area contributed by atoms with Crippen LogP contribution in [0.5, 0.6) is 0 Å². The maximum atomic E-state index is 5.99. The Labute approximate surface area is 132 Å². The summed E-state index contributed by atoms with van der Waals surface area (Å²) in [5.41, 5.74) is 2.31. The highest BCUT2D eigenvalue weighted by atomic mass is 79.9. The highest BCUT2D eigenvalue weighted by Gasteiger charge is 2.08. The van der Waals surface area contributed by atoms with Gasteiger partial charge in [-0.25, -0.2) is 0 Å². The van der Waals surface area contributed by atoms with Crippen LogP contribution in [0.2, 0.25) is 10.0 Å². The van der Waals surface area contributed by atoms with E-state index in [9.17, 15) is 0 Å². The Kier molecular flexibility index (Phi) is 5.28. The second-order valence-corrected chi connectivity index (χ2v) is 6.13. The van der Waals surface area contributed by atoms with E-state index in [1.807, 2.05) is 30.3 Å². The second kappa shape index (κ2) is 6.76. The van der Waals surface area contributed by atoms with E-state index >= 15 is 0 Å². The Morgan fingerprint density at radius 1 is 1.11 bits per heavy atom. The van der Waals surface area contributed by atoms with E-state index in [1.54, 1.807) is 6.07 Å². The van der Waals surface area contributed by atoms with Crippen LogP contribution >= 0.6 is 39.1 Å². The first kappa shape index (κ1) is 14.9. The summed E-state index contributed by atoms with van der Waals surface area (Å²) < 4.78 is 1.11. The third kappa shape index (κ3) is 4.22. The van der Waals surface area contributed by atoms with Gasteiger partial charge in [0.15, 0.2) is 0 Å². The molecule has 0 aliphatic rings. The molecular formula is C15H14BrCl2N. The van der Waals surface area contributed by atoms with Crippen molar-refractivity contribution in [3.05, 3.63) is 68.1 Å². The standard InChI is InChI=1S/C15H14BrCl2N/c1-10(14-4-2-3-5-15(14)16)19-9-11-6-12(17)8-13(18)7-11/h2-8,10,19H,9H2,1H3. The smallest absolute Gasteiger partial charge is 0.0424 e. The van der Waals surface area contributed by atoms with Crippen molar-refractivity contribution >= 4 is 39.1 Å². The quantitative estimate of drug-likeness (QED) is 0.749. The van der Waals surface area contributed by atoms with Gasteiger partial charge < -0.3 is 5.32 Å². The van der Waals surface area contributed by atoms with Gasteiger partial charge in [0.2, 0.25) is 0 Å². The maximum absolute atomic E-state index is 5.99. The van der Waals surface area contributed by atoms with Crippen molar-refractivity contribution in [2.75, 3.05) is 0 Å². The van der Waals surface area contributed by atoms with Crippen LogP contribution in [0.15, 0.2) is 46.9 Å². The normalized spacial score (nSPS) is 12.4. The Hall–Kier alpha value is -0.540. The first-order valence-corrected chi connectivity index (χ1v) is 7.54. The van der Waals surface area contributed by atoms with Gasteiger partial charge in [-0.15, -0.1) is 0 Å². The summed E-state index contributed by atoms with van der Waals surface area (Å²) in [5, 5.41) is 4.79. The van der Waals surface area contributed by atoms with Crippen LogP contribution in [0.4, 0.5) is 0 Å². The monoisotopic (exact) mass is 357 g/mol. The first-order chi connectivity index (χ1) is 9.06. The fourth-order valence-electron chi connectivity index (χ4n) is 1.92. The molecule has 1 unspecified atom stereocenters. The van der Waals surface area contributed by atoms with E-state index < -0.39 is 0 Å². The molecule has 0 aromatic heterocycles. The van der Waals surface area contributed by atoms with E-state index in [0.717, 1.165) is 16.6 Å². The summed E-state index contributed by atoms with van der Waals surface area (Å²) in [6.07, 6.45) is 0. The molecule has 4 heteroatoms. The lowest BCUT2D eigenvalue weighted by Gasteiger charge is -2.16. The van der Waals surface area contributed by atoms with Crippen molar-refractivity contribution < 1.29 is 0 Å². The maximum Gasteiger partial charge on any atom is 0.0424 e. The van der Waals surface area contributed by atoms with Crippen LogP contribution in [0.25, 0.3) is 0 Å². The molecule has 0 heterocycles. The molecule has 0 aliphatic heterocycles. The molecule has 1 atom stereocenters. The Morgan fingerprint density at radius 3 is 2.37 bits per heavy atom. The lowest BCUT2D eigenvalue weighted by Crippen LogP contribution is -2.18.